The van der Waals surface area contributed by atoms with Crippen LogP contribution >= 0.6 is 0 Å². The van der Waals surface area contributed by atoms with Crippen molar-refractivity contribution in [1.29, 1.82) is 0 Å². The molecular weight excluding hydrogens is 222 g/mol. The molecule has 0 bridgehead atoms. The summed E-state index contributed by atoms with van der Waals surface area (Å²) in [5, 5.41) is 0. The Kier molecular flexibility index (Phi) is 3.16. The first-order valence-corrected chi connectivity index (χ1v) is 7.16. The lowest BCUT2D eigenvalue weighted by Crippen LogP contribution is -2.49. The first kappa shape index (κ1) is 12.2. The van der Waals surface area contributed by atoms with Crippen LogP contribution in [-0.2, 0) is 4.74 Å². The summed E-state index contributed by atoms with van der Waals surface area (Å²) in [6.45, 7) is 0. The third-order valence-corrected chi connectivity index (χ3v) is 5.05. The zero-order chi connectivity index (χ0) is 12.6. The molecule has 0 amide bonds. The highest BCUT2D eigenvalue weighted by Crippen LogP contribution is 2.47. The maximum absolute atomic E-state index is 6.54. The first-order valence-electron chi connectivity index (χ1n) is 7.16. The van der Waals surface area contributed by atoms with E-state index in [1.165, 1.54) is 36.8 Å². The second-order valence-corrected chi connectivity index (χ2v) is 5.86. The normalized spacial score (nSPS) is 24.1. The third kappa shape index (κ3) is 1.79. The number of nitrogens with two attached hydrogens (primary N) is 1. The Labute approximate surface area is 110 Å². The van der Waals surface area contributed by atoms with E-state index in [0.717, 1.165) is 18.8 Å². The van der Waals surface area contributed by atoms with Crippen molar-refractivity contribution < 1.29 is 4.74 Å². The molecule has 2 aliphatic rings. The second kappa shape index (κ2) is 4.67. The van der Waals surface area contributed by atoms with Crippen LogP contribution in [0, 0.1) is 0 Å². The molecule has 18 heavy (non-hydrogen) atoms. The Morgan fingerprint density at radius 2 is 1.94 bits per heavy atom. The molecule has 0 spiro atoms. The fraction of sp³-hybridized carbons (Fsp3) is 0.625. The van der Waals surface area contributed by atoms with Gasteiger partial charge in [0, 0.05) is 7.11 Å². The van der Waals surface area contributed by atoms with Gasteiger partial charge in [0.25, 0.3) is 0 Å². The summed E-state index contributed by atoms with van der Waals surface area (Å²) >= 11 is 0. The second-order valence-electron chi connectivity index (χ2n) is 5.86. The van der Waals surface area contributed by atoms with Gasteiger partial charge < -0.3 is 10.5 Å². The van der Waals surface area contributed by atoms with Crippen molar-refractivity contribution >= 4 is 0 Å². The molecule has 0 aromatic heterocycles. The minimum atomic E-state index is -0.0974. The Bertz CT molecular complexity index is 415. The van der Waals surface area contributed by atoms with Crippen molar-refractivity contribution in [3.05, 3.63) is 35.4 Å². The van der Waals surface area contributed by atoms with E-state index in [2.05, 4.69) is 24.3 Å². The van der Waals surface area contributed by atoms with E-state index in [4.69, 9.17) is 10.5 Å². The van der Waals surface area contributed by atoms with Crippen molar-refractivity contribution in [1.82, 2.24) is 0 Å². The molecule has 1 aromatic rings. The lowest BCUT2D eigenvalue weighted by molar-refractivity contribution is -0.0914. The maximum atomic E-state index is 6.54. The average Bonchev–Trinajstić information content (AvgIpc) is 2.26. The largest absolute Gasteiger partial charge is 0.376 e. The molecule has 2 nitrogen and oxygen atoms in total. The van der Waals surface area contributed by atoms with Gasteiger partial charge >= 0.3 is 0 Å². The highest BCUT2D eigenvalue weighted by molar-refractivity contribution is 5.36. The minimum absolute atomic E-state index is 0.0352. The van der Waals surface area contributed by atoms with Gasteiger partial charge in [-0.05, 0) is 49.1 Å². The SMILES string of the molecule is COC1(C(N)c2ccccc2C2CCC2)CCC1. The molecular formula is C16H23NO. The van der Waals surface area contributed by atoms with Gasteiger partial charge in [-0.25, -0.2) is 0 Å². The Morgan fingerprint density at radius 1 is 1.22 bits per heavy atom. The molecule has 0 aliphatic heterocycles. The fourth-order valence-corrected chi connectivity index (χ4v) is 3.34. The lowest BCUT2D eigenvalue weighted by Gasteiger charge is -2.46. The highest BCUT2D eigenvalue weighted by atomic mass is 16.5. The molecule has 2 N–H and O–H groups in total. The van der Waals surface area contributed by atoms with E-state index < -0.39 is 0 Å². The molecule has 1 atom stereocenters. The molecule has 2 aliphatic carbocycles. The van der Waals surface area contributed by atoms with Crippen LogP contribution in [0.15, 0.2) is 24.3 Å². The molecule has 2 fully saturated rings. The lowest BCUT2D eigenvalue weighted by atomic mass is 9.69. The minimum Gasteiger partial charge on any atom is -0.376 e. The van der Waals surface area contributed by atoms with Crippen LogP contribution < -0.4 is 5.73 Å². The Hall–Kier alpha value is -0.860. The van der Waals surface area contributed by atoms with Crippen LogP contribution in [0.1, 0.15) is 61.6 Å². The van der Waals surface area contributed by atoms with Gasteiger partial charge in [-0.3, -0.25) is 0 Å². The highest BCUT2D eigenvalue weighted by Gasteiger charge is 2.44. The zero-order valence-electron chi connectivity index (χ0n) is 11.2. The zero-order valence-corrected chi connectivity index (χ0v) is 11.2. The topological polar surface area (TPSA) is 35.2 Å². The summed E-state index contributed by atoms with van der Waals surface area (Å²) in [6.07, 6.45) is 7.46. The fourth-order valence-electron chi connectivity index (χ4n) is 3.34. The van der Waals surface area contributed by atoms with E-state index in [1.54, 1.807) is 0 Å². The van der Waals surface area contributed by atoms with Gasteiger partial charge in [0.1, 0.15) is 0 Å². The Morgan fingerprint density at radius 3 is 2.44 bits per heavy atom. The molecule has 2 saturated carbocycles. The van der Waals surface area contributed by atoms with Crippen LogP contribution in [0.5, 0.6) is 0 Å². The number of ether oxygens (including phenoxy) is 1. The molecule has 2 heteroatoms. The number of benzene rings is 1. The van der Waals surface area contributed by atoms with Crippen molar-refractivity contribution in [2.75, 3.05) is 7.11 Å². The van der Waals surface area contributed by atoms with Crippen molar-refractivity contribution in [2.24, 2.45) is 5.73 Å². The summed E-state index contributed by atoms with van der Waals surface area (Å²) in [4.78, 5) is 0. The van der Waals surface area contributed by atoms with Gasteiger partial charge in [0.2, 0.25) is 0 Å². The number of rotatable bonds is 4. The number of methoxy groups -OCH3 is 1. The molecule has 1 aromatic carbocycles. The molecule has 0 heterocycles. The van der Waals surface area contributed by atoms with Crippen LogP contribution in [0.2, 0.25) is 0 Å². The standard InChI is InChI=1S/C16H23NO/c1-18-16(10-5-11-16)15(17)14-9-3-2-8-13(14)12-6-4-7-12/h2-3,8-9,12,15H,4-7,10-11,17H2,1H3. The molecule has 1 unspecified atom stereocenters. The quantitative estimate of drug-likeness (QED) is 0.880. The van der Waals surface area contributed by atoms with Gasteiger partial charge in [0.05, 0.1) is 11.6 Å². The van der Waals surface area contributed by atoms with Crippen molar-refractivity contribution in [3.8, 4) is 0 Å². The summed E-state index contributed by atoms with van der Waals surface area (Å²) in [5.41, 5.74) is 9.24. The van der Waals surface area contributed by atoms with E-state index in [1.807, 2.05) is 7.11 Å². The van der Waals surface area contributed by atoms with Crippen LogP contribution in [0.25, 0.3) is 0 Å². The smallest absolute Gasteiger partial charge is 0.0870 e. The van der Waals surface area contributed by atoms with E-state index >= 15 is 0 Å². The van der Waals surface area contributed by atoms with Crippen LogP contribution in [-0.4, -0.2) is 12.7 Å². The molecule has 0 saturated heterocycles. The average molecular weight is 245 g/mol. The van der Waals surface area contributed by atoms with Gasteiger partial charge in [-0.2, -0.15) is 0 Å². The first-order chi connectivity index (χ1) is 8.77. The number of hydrogen-bond donors (Lipinski definition) is 1. The van der Waals surface area contributed by atoms with E-state index in [0.29, 0.717) is 0 Å². The third-order valence-electron chi connectivity index (χ3n) is 5.05. The summed E-state index contributed by atoms with van der Waals surface area (Å²) in [5.74, 6) is 0.737. The predicted molar refractivity (Wildman–Crippen MR) is 73.6 cm³/mol. The summed E-state index contributed by atoms with van der Waals surface area (Å²) in [7, 11) is 1.81. The summed E-state index contributed by atoms with van der Waals surface area (Å²) < 4.78 is 5.75. The van der Waals surface area contributed by atoms with Crippen LogP contribution in [0.3, 0.4) is 0 Å². The molecule has 98 valence electrons. The van der Waals surface area contributed by atoms with Gasteiger partial charge in [0.15, 0.2) is 0 Å². The maximum Gasteiger partial charge on any atom is 0.0870 e. The van der Waals surface area contributed by atoms with E-state index in [-0.39, 0.29) is 11.6 Å². The summed E-state index contributed by atoms with van der Waals surface area (Å²) in [6, 6.07) is 8.76. The molecule has 3 rings (SSSR count). The Balaban J connectivity index is 1.90. The predicted octanol–water partition coefficient (Wildman–Crippen LogP) is 3.52. The number of hydrogen-bond acceptors (Lipinski definition) is 2. The van der Waals surface area contributed by atoms with Crippen molar-refractivity contribution in [3.63, 3.8) is 0 Å². The van der Waals surface area contributed by atoms with Gasteiger partial charge in [-0.1, -0.05) is 30.7 Å². The molecule has 0 radical (unpaired) electrons. The monoisotopic (exact) mass is 245 g/mol. The van der Waals surface area contributed by atoms with Crippen molar-refractivity contribution in [2.45, 2.75) is 56.1 Å². The van der Waals surface area contributed by atoms with Gasteiger partial charge in [-0.15, -0.1) is 0 Å². The van der Waals surface area contributed by atoms with E-state index in [9.17, 15) is 0 Å². The van der Waals surface area contributed by atoms with Crippen LogP contribution in [0.4, 0.5) is 0 Å².